The number of carbonyl (C=O) groups excluding carboxylic acids is 1. The lowest BCUT2D eigenvalue weighted by Gasteiger charge is -2.63. The van der Waals surface area contributed by atoms with Crippen molar-refractivity contribution in [3.05, 3.63) is 0 Å². The summed E-state index contributed by atoms with van der Waals surface area (Å²) in [5.41, 5.74) is -0.450. The molecular formula is C21H32O6S. The Morgan fingerprint density at radius 2 is 1.86 bits per heavy atom. The quantitative estimate of drug-likeness (QED) is 0.711. The molecule has 0 bridgehead atoms. The number of fused-ring (bicyclic) bond motifs is 7. The zero-order chi connectivity index (χ0) is 20.1. The number of aliphatic hydroxyl groups is 1. The zero-order valence-electron chi connectivity index (χ0n) is 17.0. The lowest BCUT2D eigenvalue weighted by Crippen LogP contribution is -2.69. The van der Waals surface area contributed by atoms with E-state index in [0.717, 1.165) is 31.6 Å². The summed E-state index contributed by atoms with van der Waals surface area (Å²) in [6.07, 6.45) is 6.49. The highest BCUT2D eigenvalue weighted by atomic mass is 32.3. The van der Waals surface area contributed by atoms with Crippen molar-refractivity contribution < 1.29 is 26.7 Å². The summed E-state index contributed by atoms with van der Waals surface area (Å²) in [6.45, 7) is 6.70. The molecule has 0 aromatic heterocycles. The van der Waals surface area contributed by atoms with Crippen molar-refractivity contribution in [2.75, 3.05) is 0 Å². The van der Waals surface area contributed by atoms with Crippen molar-refractivity contribution in [3.63, 3.8) is 0 Å². The molecule has 7 heteroatoms. The third kappa shape index (κ3) is 2.20. The molecule has 0 spiro atoms. The van der Waals surface area contributed by atoms with Crippen LogP contribution in [0.5, 0.6) is 0 Å². The summed E-state index contributed by atoms with van der Waals surface area (Å²) in [5.74, 6) is -0.541. The molecule has 1 N–H and O–H groups in total. The van der Waals surface area contributed by atoms with E-state index in [0.29, 0.717) is 17.3 Å². The number of hydrogen-bond acceptors (Lipinski definition) is 6. The molecule has 5 aliphatic rings. The van der Waals surface area contributed by atoms with Crippen LogP contribution in [0, 0.1) is 40.4 Å². The van der Waals surface area contributed by atoms with Gasteiger partial charge in [0.25, 0.3) is 0 Å². The maximum absolute atomic E-state index is 12.6. The molecule has 5 fully saturated rings. The Labute approximate surface area is 167 Å². The van der Waals surface area contributed by atoms with E-state index >= 15 is 0 Å². The van der Waals surface area contributed by atoms with Gasteiger partial charge in [0.1, 0.15) is 0 Å². The molecule has 4 saturated carbocycles. The second-order valence-corrected chi connectivity index (χ2v) is 11.7. The van der Waals surface area contributed by atoms with Gasteiger partial charge in [-0.15, -0.1) is 0 Å². The number of carbonyl (C=O) groups is 1. The van der Waals surface area contributed by atoms with Crippen LogP contribution in [-0.4, -0.2) is 31.2 Å². The van der Waals surface area contributed by atoms with Crippen LogP contribution in [-0.2, 0) is 23.6 Å². The molecule has 1 saturated heterocycles. The maximum atomic E-state index is 12.6. The minimum atomic E-state index is -4.36. The van der Waals surface area contributed by atoms with E-state index in [1.807, 2.05) is 6.92 Å². The first-order valence-corrected chi connectivity index (χ1v) is 12.3. The summed E-state index contributed by atoms with van der Waals surface area (Å²) in [6, 6.07) is 0. The lowest BCUT2D eigenvalue weighted by atomic mass is 9.43. The lowest BCUT2D eigenvalue weighted by molar-refractivity contribution is -0.297. The Hall–Kier alpha value is -0.500. The van der Waals surface area contributed by atoms with Crippen molar-refractivity contribution in [2.45, 2.75) is 84.0 Å². The Kier molecular flexibility index (Phi) is 4.03. The average Bonchev–Trinajstić information content (AvgIpc) is 3.10. The van der Waals surface area contributed by atoms with Gasteiger partial charge >= 0.3 is 10.4 Å². The Morgan fingerprint density at radius 3 is 2.57 bits per heavy atom. The molecule has 1 heterocycles. The van der Waals surface area contributed by atoms with E-state index in [4.69, 9.17) is 8.37 Å². The highest BCUT2D eigenvalue weighted by Crippen LogP contribution is 2.70. The van der Waals surface area contributed by atoms with Crippen LogP contribution >= 0.6 is 0 Å². The Morgan fingerprint density at radius 1 is 1.11 bits per heavy atom. The van der Waals surface area contributed by atoms with Gasteiger partial charge in [0.05, 0.1) is 0 Å². The SMILES string of the molecule is CC[C@H]1CC[C@H]2[C@@H]3CC[C@H]4CC(=O)C5OS(=O)(=O)OC5(O)[C@]4(C)[C@H]3CC[C@]12C. The fourth-order valence-corrected chi connectivity index (χ4v) is 9.57. The van der Waals surface area contributed by atoms with Crippen LogP contribution in [0.4, 0.5) is 0 Å². The Balaban J connectivity index is 1.57. The normalized spacial score (nSPS) is 57.2. The van der Waals surface area contributed by atoms with Gasteiger partial charge in [-0.2, -0.15) is 8.42 Å². The summed E-state index contributed by atoms with van der Waals surface area (Å²) < 4.78 is 34.3. The van der Waals surface area contributed by atoms with Crippen LogP contribution in [0.15, 0.2) is 0 Å². The van der Waals surface area contributed by atoms with E-state index in [1.165, 1.54) is 19.3 Å². The summed E-state index contributed by atoms with van der Waals surface area (Å²) in [4.78, 5) is 12.6. The van der Waals surface area contributed by atoms with E-state index in [2.05, 4.69) is 13.8 Å². The number of rotatable bonds is 1. The van der Waals surface area contributed by atoms with Gasteiger partial charge in [0.15, 0.2) is 11.9 Å². The highest BCUT2D eigenvalue weighted by molar-refractivity contribution is 7.82. The first-order valence-electron chi connectivity index (χ1n) is 11.0. The largest absolute Gasteiger partial charge is 0.403 e. The van der Waals surface area contributed by atoms with Gasteiger partial charge in [0.2, 0.25) is 5.79 Å². The van der Waals surface area contributed by atoms with Gasteiger partial charge in [-0.1, -0.05) is 27.2 Å². The van der Waals surface area contributed by atoms with Crippen LogP contribution in [0.2, 0.25) is 0 Å². The molecule has 0 aromatic carbocycles. The van der Waals surface area contributed by atoms with Gasteiger partial charge in [-0.05, 0) is 73.5 Å². The Bertz CT molecular complexity index is 810. The minimum Gasteiger partial charge on any atom is -0.362 e. The third-order valence-corrected chi connectivity index (χ3v) is 10.8. The molecule has 2 unspecified atom stereocenters. The molecule has 0 aromatic rings. The number of ketones is 1. The fourth-order valence-electron chi connectivity index (χ4n) is 8.48. The monoisotopic (exact) mass is 412 g/mol. The minimum absolute atomic E-state index is 0.0628. The molecule has 6 nitrogen and oxygen atoms in total. The second kappa shape index (κ2) is 5.80. The first-order chi connectivity index (χ1) is 13.1. The number of hydrogen-bond donors (Lipinski definition) is 1. The first kappa shape index (κ1) is 19.5. The van der Waals surface area contributed by atoms with Crippen LogP contribution < -0.4 is 0 Å². The van der Waals surface area contributed by atoms with Crippen molar-refractivity contribution in [1.29, 1.82) is 0 Å². The van der Waals surface area contributed by atoms with Crippen LogP contribution in [0.3, 0.4) is 0 Å². The molecule has 9 atom stereocenters. The molecule has 158 valence electrons. The fraction of sp³-hybridized carbons (Fsp3) is 0.952. The van der Waals surface area contributed by atoms with Crippen molar-refractivity contribution in [2.24, 2.45) is 40.4 Å². The maximum Gasteiger partial charge on any atom is 0.403 e. The second-order valence-electron chi connectivity index (χ2n) is 10.5. The van der Waals surface area contributed by atoms with E-state index in [-0.39, 0.29) is 24.0 Å². The van der Waals surface area contributed by atoms with Gasteiger partial charge in [0, 0.05) is 11.8 Å². The van der Waals surface area contributed by atoms with Gasteiger partial charge in [-0.3, -0.25) is 4.79 Å². The van der Waals surface area contributed by atoms with E-state index in [1.54, 1.807) is 0 Å². The predicted molar refractivity (Wildman–Crippen MR) is 101 cm³/mol. The molecule has 4 aliphatic carbocycles. The van der Waals surface area contributed by atoms with E-state index in [9.17, 15) is 18.3 Å². The average molecular weight is 413 g/mol. The standard InChI is InChI=1S/C21H32O6S/c1-4-12-6-8-15-14-7-5-13-11-17(22)18-21(23,27-28(24,25)26-18)20(13,3)16(14)9-10-19(12,15)2/h12-16,18,23H,4-11H2,1-3H3/t12-,13-,14-,15-,16-,18?,19+,20-,21?/m0/s1. The topological polar surface area (TPSA) is 89.9 Å². The highest BCUT2D eigenvalue weighted by Gasteiger charge is 2.74. The smallest absolute Gasteiger partial charge is 0.362 e. The summed E-state index contributed by atoms with van der Waals surface area (Å²) in [7, 11) is -4.36. The van der Waals surface area contributed by atoms with Gasteiger partial charge < -0.3 is 5.11 Å². The van der Waals surface area contributed by atoms with Crippen molar-refractivity contribution >= 4 is 16.2 Å². The molecular weight excluding hydrogens is 380 g/mol. The molecule has 0 radical (unpaired) electrons. The molecule has 0 amide bonds. The van der Waals surface area contributed by atoms with Crippen LogP contribution in [0.25, 0.3) is 0 Å². The summed E-state index contributed by atoms with van der Waals surface area (Å²) >= 11 is 0. The third-order valence-electron chi connectivity index (χ3n) is 9.90. The molecule has 28 heavy (non-hydrogen) atoms. The predicted octanol–water partition coefficient (Wildman–Crippen LogP) is 3.19. The van der Waals surface area contributed by atoms with Gasteiger partial charge in [-0.25, -0.2) is 8.37 Å². The van der Waals surface area contributed by atoms with Crippen LogP contribution in [0.1, 0.15) is 72.1 Å². The summed E-state index contributed by atoms with van der Waals surface area (Å²) in [5, 5.41) is 11.6. The van der Waals surface area contributed by atoms with Crippen molar-refractivity contribution in [3.8, 4) is 0 Å². The molecule has 1 aliphatic heterocycles. The molecule has 5 rings (SSSR count). The van der Waals surface area contributed by atoms with E-state index < -0.39 is 27.7 Å². The van der Waals surface area contributed by atoms with Crippen molar-refractivity contribution in [1.82, 2.24) is 0 Å². The zero-order valence-corrected chi connectivity index (χ0v) is 17.8. The number of Topliss-reactive ketones (excluding diaryl/α,β-unsaturated/α-hetero) is 1.